The van der Waals surface area contributed by atoms with Gasteiger partial charge in [0.1, 0.15) is 0 Å². The third-order valence-corrected chi connectivity index (χ3v) is 2.74. The van der Waals surface area contributed by atoms with Crippen molar-refractivity contribution in [2.75, 3.05) is 0 Å². The van der Waals surface area contributed by atoms with Crippen LogP contribution in [0.5, 0.6) is 0 Å². The van der Waals surface area contributed by atoms with Crippen molar-refractivity contribution in [2.24, 2.45) is 0 Å². The van der Waals surface area contributed by atoms with E-state index in [0.29, 0.717) is 10.9 Å². The standard InChI is InChI=1S/C9H6BrCl2N3/c10-6-1-7(12)3-9(2-6)15-5-8(4-11)13-14-15/h1-3,5H,4H2. The fraction of sp³-hybridized carbons (Fsp3) is 0.111. The summed E-state index contributed by atoms with van der Waals surface area (Å²) >= 11 is 14.9. The average molecular weight is 307 g/mol. The molecule has 15 heavy (non-hydrogen) atoms. The first-order valence-electron chi connectivity index (χ1n) is 4.12. The van der Waals surface area contributed by atoms with Crippen molar-refractivity contribution in [1.29, 1.82) is 0 Å². The van der Waals surface area contributed by atoms with E-state index in [1.54, 1.807) is 16.9 Å². The Morgan fingerprint density at radius 1 is 1.33 bits per heavy atom. The van der Waals surface area contributed by atoms with Crippen LogP contribution in [0.15, 0.2) is 28.9 Å². The molecule has 0 spiro atoms. The fourth-order valence-corrected chi connectivity index (χ4v) is 2.12. The predicted octanol–water partition coefficient (Wildman–Crippen LogP) is 3.42. The Morgan fingerprint density at radius 2 is 2.13 bits per heavy atom. The molecule has 0 N–H and O–H groups in total. The summed E-state index contributed by atoms with van der Waals surface area (Å²) in [5, 5.41) is 8.48. The summed E-state index contributed by atoms with van der Waals surface area (Å²) in [4.78, 5) is 0. The molecular formula is C9H6BrCl2N3. The van der Waals surface area contributed by atoms with E-state index in [4.69, 9.17) is 23.2 Å². The van der Waals surface area contributed by atoms with Gasteiger partial charge in [-0.15, -0.1) is 16.7 Å². The van der Waals surface area contributed by atoms with Gasteiger partial charge in [0.15, 0.2) is 0 Å². The SMILES string of the molecule is ClCc1cn(-c2cc(Cl)cc(Br)c2)nn1. The molecule has 0 aliphatic heterocycles. The summed E-state index contributed by atoms with van der Waals surface area (Å²) in [5.41, 5.74) is 1.58. The maximum absolute atomic E-state index is 5.92. The summed E-state index contributed by atoms with van der Waals surface area (Å²) in [7, 11) is 0. The number of hydrogen-bond donors (Lipinski definition) is 0. The number of hydrogen-bond acceptors (Lipinski definition) is 2. The van der Waals surface area contributed by atoms with Crippen molar-refractivity contribution in [3.05, 3.63) is 39.6 Å². The third-order valence-electron chi connectivity index (χ3n) is 1.79. The van der Waals surface area contributed by atoms with Crippen molar-refractivity contribution in [2.45, 2.75) is 5.88 Å². The van der Waals surface area contributed by atoms with Gasteiger partial charge in [-0.25, -0.2) is 4.68 Å². The molecule has 0 aliphatic rings. The largest absolute Gasteiger partial charge is 0.220 e. The van der Waals surface area contributed by atoms with Gasteiger partial charge in [-0.05, 0) is 18.2 Å². The van der Waals surface area contributed by atoms with E-state index in [1.807, 2.05) is 12.1 Å². The number of rotatable bonds is 2. The van der Waals surface area contributed by atoms with Gasteiger partial charge >= 0.3 is 0 Å². The molecule has 0 aliphatic carbocycles. The van der Waals surface area contributed by atoms with Crippen LogP contribution >= 0.6 is 39.1 Å². The zero-order valence-corrected chi connectivity index (χ0v) is 10.6. The molecule has 0 amide bonds. The minimum atomic E-state index is 0.349. The summed E-state index contributed by atoms with van der Waals surface area (Å²) in [6.45, 7) is 0. The maximum atomic E-state index is 5.92. The molecule has 2 rings (SSSR count). The highest BCUT2D eigenvalue weighted by atomic mass is 79.9. The molecule has 1 aromatic carbocycles. The molecule has 0 radical (unpaired) electrons. The highest BCUT2D eigenvalue weighted by Gasteiger charge is 2.03. The van der Waals surface area contributed by atoms with Crippen LogP contribution < -0.4 is 0 Å². The number of halogens is 3. The van der Waals surface area contributed by atoms with Crippen LogP contribution in [0.25, 0.3) is 5.69 Å². The molecule has 1 aromatic heterocycles. The fourth-order valence-electron chi connectivity index (χ4n) is 1.16. The van der Waals surface area contributed by atoms with Crippen LogP contribution in [0, 0.1) is 0 Å². The van der Waals surface area contributed by atoms with Crippen LogP contribution in [0.2, 0.25) is 5.02 Å². The Morgan fingerprint density at radius 3 is 2.73 bits per heavy atom. The Balaban J connectivity index is 2.44. The van der Waals surface area contributed by atoms with Crippen molar-refractivity contribution in [3.63, 3.8) is 0 Å². The summed E-state index contributed by atoms with van der Waals surface area (Å²) in [5.74, 6) is 0.349. The number of aromatic nitrogens is 3. The van der Waals surface area contributed by atoms with E-state index in [-0.39, 0.29) is 0 Å². The van der Waals surface area contributed by atoms with Crippen molar-refractivity contribution in [1.82, 2.24) is 15.0 Å². The Hall–Kier alpha value is -0.580. The third kappa shape index (κ3) is 2.51. The topological polar surface area (TPSA) is 30.7 Å². The maximum Gasteiger partial charge on any atom is 0.0979 e. The summed E-state index contributed by atoms with van der Waals surface area (Å²) in [6, 6.07) is 5.52. The zero-order valence-electron chi connectivity index (χ0n) is 7.49. The van der Waals surface area contributed by atoms with Gasteiger partial charge in [0.2, 0.25) is 0 Å². The van der Waals surface area contributed by atoms with Crippen LogP contribution in [0.1, 0.15) is 5.69 Å². The lowest BCUT2D eigenvalue weighted by Crippen LogP contribution is -1.94. The average Bonchev–Trinajstić information content (AvgIpc) is 2.64. The molecule has 6 heteroatoms. The lowest BCUT2D eigenvalue weighted by Gasteiger charge is -2.01. The Labute approximate surface area is 105 Å². The Kier molecular flexibility index (Phi) is 3.29. The first-order valence-corrected chi connectivity index (χ1v) is 5.83. The predicted molar refractivity (Wildman–Crippen MR) is 63.6 cm³/mol. The minimum Gasteiger partial charge on any atom is -0.220 e. The zero-order chi connectivity index (χ0) is 10.8. The normalized spacial score (nSPS) is 10.6. The molecule has 3 nitrogen and oxygen atoms in total. The molecule has 2 aromatic rings. The second kappa shape index (κ2) is 4.51. The van der Waals surface area contributed by atoms with E-state index >= 15 is 0 Å². The Bertz CT molecular complexity index is 464. The lowest BCUT2D eigenvalue weighted by molar-refractivity contribution is 0.800. The highest BCUT2D eigenvalue weighted by Crippen LogP contribution is 2.21. The van der Waals surface area contributed by atoms with Crippen LogP contribution in [-0.4, -0.2) is 15.0 Å². The van der Waals surface area contributed by atoms with E-state index in [0.717, 1.165) is 15.9 Å². The molecule has 78 valence electrons. The molecule has 1 heterocycles. The van der Waals surface area contributed by atoms with E-state index in [9.17, 15) is 0 Å². The molecule has 0 fully saturated rings. The van der Waals surface area contributed by atoms with Crippen LogP contribution in [0.3, 0.4) is 0 Å². The summed E-state index contributed by atoms with van der Waals surface area (Å²) in [6.07, 6.45) is 1.77. The minimum absolute atomic E-state index is 0.349. The van der Waals surface area contributed by atoms with Gasteiger partial charge in [-0.3, -0.25) is 0 Å². The molecular weight excluding hydrogens is 301 g/mol. The van der Waals surface area contributed by atoms with Gasteiger partial charge < -0.3 is 0 Å². The van der Waals surface area contributed by atoms with E-state index < -0.39 is 0 Å². The highest BCUT2D eigenvalue weighted by molar-refractivity contribution is 9.10. The number of nitrogens with zero attached hydrogens (tertiary/aromatic N) is 3. The second-order valence-electron chi connectivity index (χ2n) is 2.92. The molecule has 0 saturated heterocycles. The number of benzene rings is 1. The second-order valence-corrected chi connectivity index (χ2v) is 4.54. The molecule has 0 saturated carbocycles. The van der Waals surface area contributed by atoms with Crippen LogP contribution in [-0.2, 0) is 5.88 Å². The molecule has 0 unspecified atom stereocenters. The van der Waals surface area contributed by atoms with Gasteiger partial charge in [-0.1, -0.05) is 32.7 Å². The monoisotopic (exact) mass is 305 g/mol. The quantitative estimate of drug-likeness (QED) is 0.796. The molecule has 0 bridgehead atoms. The smallest absolute Gasteiger partial charge is 0.0979 e. The van der Waals surface area contributed by atoms with Gasteiger partial charge in [0.25, 0.3) is 0 Å². The van der Waals surface area contributed by atoms with Crippen LogP contribution in [0.4, 0.5) is 0 Å². The lowest BCUT2D eigenvalue weighted by atomic mass is 10.3. The van der Waals surface area contributed by atoms with E-state index in [1.165, 1.54) is 0 Å². The van der Waals surface area contributed by atoms with Gasteiger partial charge in [-0.2, -0.15) is 0 Å². The van der Waals surface area contributed by atoms with Gasteiger partial charge in [0.05, 0.1) is 23.5 Å². The summed E-state index contributed by atoms with van der Waals surface area (Å²) < 4.78 is 2.53. The van der Waals surface area contributed by atoms with Crippen molar-refractivity contribution >= 4 is 39.1 Å². The number of alkyl halides is 1. The van der Waals surface area contributed by atoms with Gasteiger partial charge in [0, 0.05) is 9.50 Å². The first kappa shape index (κ1) is 10.9. The van der Waals surface area contributed by atoms with Crippen molar-refractivity contribution in [3.8, 4) is 5.69 Å². The van der Waals surface area contributed by atoms with E-state index in [2.05, 4.69) is 26.2 Å². The van der Waals surface area contributed by atoms with Crippen molar-refractivity contribution < 1.29 is 0 Å². The first-order chi connectivity index (χ1) is 7.19. The molecule has 0 atom stereocenters.